The average Bonchev–Trinajstić information content (AvgIpc) is 2.47. The minimum Gasteiger partial charge on any atom is -0.495 e. The number of ether oxygens (including phenoxy) is 1. The Balaban J connectivity index is 2.27. The Hall–Kier alpha value is -1.99. The van der Waals surface area contributed by atoms with Crippen LogP contribution in [0, 0.1) is 12.0 Å². The van der Waals surface area contributed by atoms with Gasteiger partial charge in [0.05, 0.1) is 24.3 Å². The van der Waals surface area contributed by atoms with Gasteiger partial charge in [-0.25, -0.2) is 5.01 Å². The number of hydrogen-bond acceptors (Lipinski definition) is 4. The van der Waals surface area contributed by atoms with Crippen molar-refractivity contribution in [2.24, 2.45) is 5.10 Å². The van der Waals surface area contributed by atoms with Crippen LogP contribution in [0.15, 0.2) is 23.3 Å². The molecule has 1 aromatic carbocycles. The van der Waals surface area contributed by atoms with Crippen LogP contribution in [0.5, 0.6) is 5.75 Å². The van der Waals surface area contributed by atoms with Crippen LogP contribution in [0.1, 0.15) is 31.7 Å². The van der Waals surface area contributed by atoms with Crippen molar-refractivity contribution in [1.82, 2.24) is 5.01 Å². The van der Waals surface area contributed by atoms with E-state index in [0.29, 0.717) is 22.9 Å². The van der Waals surface area contributed by atoms with Gasteiger partial charge in [-0.1, -0.05) is 24.4 Å². The first-order valence-corrected chi connectivity index (χ1v) is 7.21. The molecular formula is C16H17ClN2O2. The number of rotatable bonds is 3. The van der Waals surface area contributed by atoms with Gasteiger partial charge in [0.2, 0.25) is 0 Å². The fourth-order valence-electron chi connectivity index (χ4n) is 1.97. The number of nitrogens with zero attached hydrogens (tertiary/aromatic N) is 2. The van der Waals surface area contributed by atoms with Gasteiger partial charge in [0.15, 0.2) is 5.78 Å². The van der Waals surface area contributed by atoms with Gasteiger partial charge in [-0.15, -0.1) is 0 Å². The van der Waals surface area contributed by atoms with Gasteiger partial charge in [-0.3, -0.25) is 4.79 Å². The Morgan fingerprint density at radius 3 is 2.95 bits per heavy atom. The number of carbonyl (C=O) groups excluding carboxylic acids is 1. The average molecular weight is 305 g/mol. The molecule has 1 aromatic rings. The van der Waals surface area contributed by atoms with Crippen molar-refractivity contribution in [3.8, 4) is 17.7 Å². The molecule has 0 spiro atoms. The maximum Gasteiger partial charge on any atom is 0.161 e. The molecule has 1 aliphatic rings. The van der Waals surface area contributed by atoms with E-state index in [1.165, 1.54) is 5.01 Å². The first-order valence-electron chi connectivity index (χ1n) is 6.83. The van der Waals surface area contributed by atoms with E-state index in [1.54, 1.807) is 19.2 Å². The lowest BCUT2D eigenvalue weighted by Crippen LogP contribution is -2.30. The van der Waals surface area contributed by atoms with Crippen molar-refractivity contribution < 1.29 is 9.53 Å². The molecule has 4 nitrogen and oxygen atoms in total. The number of hydrazone groups is 1. The maximum atomic E-state index is 11.8. The first-order chi connectivity index (χ1) is 10.1. The zero-order valence-electron chi connectivity index (χ0n) is 12.1. The van der Waals surface area contributed by atoms with Crippen LogP contribution in [0.25, 0.3) is 0 Å². The molecule has 1 aliphatic heterocycles. The molecule has 0 amide bonds. The van der Waals surface area contributed by atoms with Gasteiger partial charge in [0.1, 0.15) is 12.3 Å². The van der Waals surface area contributed by atoms with E-state index in [-0.39, 0.29) is 12.3 Å². The molecule has 21 heavy (non-hydrogen) atoms. The van der Waals surface area contributed by atoms with Gasteiger partial charge in [0.25, 0.3) is 0 Å². The minimum absolute atomic E-state index is 0.0951. The molecule has 0 fully saturated rings. The van der Waals surface area contributed by atoms with Gasteiger partial charge in [-0.2, -0.15) is 5.10 Å². The van der Waals surface area contributed by atoms with Crippen molar-refractivity contribution in [2.45, 2.75) is 26.2 Å². The highest BCUT2D eigenvalue weighted by Crippen LogP contribution is 2.26. The second-order valence-electron chi connectivity index (χ2n) is 4.71. The number of carbonyl (C=O) groups is 1. The topological polar surface area (TPSA) is 41.9 Å². The number of methoxy groups -OCH3 is 1. The number of ketones is 1. The van der Waals surface area contributed by atoms with E-state index in [2.05, 4.69) is 24.0 Å². The van der Waals surface area contributed by atoms with Gasteiger partial charge < -0.3 is 4.74 Å². The van der Waals surface area contributed by atoms with E-state index in [9.17, 15) is 4.79 Å². The predicted octanol–water partition coefficient (Wildman–Crippen LogP) is 3.09. The summed E-state index contributed by atoms with van der Waals surface area (Å²) in [6, 6.07) is 8.28. The number of halogens is 1. The Morgan fingerprint density at radius 1 is 1.48 bits per heavy atom. The molecule has 110 valence electrons. The highest BCUT2D eigenvalue weighted by molar-refractivity contribution is 6.32. The van der Waals surface area contributed by atoms with Crippen molar-refractivity contribution in [2.75, 3.05) is 13.7 Å². The van der Waals surface area contributed by atoms with Crippen LogP contribution in [-0.2, 0) is 4.79 Å². The van der Waals surface area contributed by atoms with E-state index < -0.39 is 0 Å². The minimum atomic E-state index is 0.0951. The van der Waals surface area contributed by atoms with E-state index >= 15 is 0 Å². The molecule has 0 saturated carbocycles. The smallest absolute Gasteiger partial charge is 0.161 e. The van der Waals surface area contributed by atoms with E-state index in [1.807, 2.05) is 6.07 Å². The Labute approximate surface area is 129 Å². The summed E-state index contributed by atoms with van der Waals surface area (Å²) in [6.07, 6.45) is 2.08. The van der Waals surface area contributed by atoms with Crippen molar-refractivity contribution >= 4 is 23.1 Å². The van der Waals surface area contributed by atoms with Crippen LogP contribution in [0.3, 0.4) is 0 Å². The zero-order chi connectivity index (χ0) is 15.2. The third-order valence-electron chi connectivity index (χ3n) is 3.00. The van der Waals surface area contributed by atoms with Crippen LogP contribution in [0.2, 0.25) is 5.02 Å². The van der Waals surface area contributed by atoms with Crippen molar-refractivity contribution in [1.29, 1.82) is 0 Å². The van der Waals surface area contributed by atoms with Crippen LogP contribution in [-0.4, -0.2) is 30.2 Å². The number of benzene rings is 1. The summed E-state index contributed by atoms with van der Waals surface area (Å²) >= 11 is 6.12. The first kappa shape index (κ1) is 15.4. The molecular weight excluding hydrogens is 288 g/mol. The van der Waals surface area contributed by atoms with Gasteiger partial charge in [-0.05, 0) is 30.2 Å². The highest BCUT2D eigenvalue weighted by atomic mass is 35.5. The second kappa shape index (κ2) is 7.14. The van der Waals surface area contributed by atoms with Crippen LogP contribution < -0.4 is 4.74 Å². The number of unbranched alkanes of at least 4 members (excludes halogenated alkanes) is 1. The van der Waals surface area contributed by atoms with Crippen LogP contribution in [0.4, 0.5) is 0 Å². The van der Waals surface area contributed by atoms with Crippen LogP contribution >= 0.6 is 11.6 Å². The summed E-state index contributed by atoms with van der Waals surface area (Å²) in [6.45, 7) is 2.30. The quantitative estimate of drug-likeness (QED) is 0.806. The summed E-state index contributed by atoms with van der Waals surface area (Å²) < 4.78 is 5.12. The summed E-state index contributed by atoms with van der Waals surface area (Å²) in [7, 11) is 1.56. The lowest BCUT2D eigenvalue weighted by atomic mass is 10.0. The molecule has 1 heterocycles. The molecule has 0 saturated heterocycles. The third-order valence-corrected chi connectivity index (χ3v) is 3.30. The molecule has 0 bridgehead atoms. The fourth-order valence-corrected chi connectivity index (χ4v) is 2.23. The summed E-state index contributed by atoms with van der Waals surface area (Å²) in [4.78, 5) is 11.8. The van der Waals surface area contributed by atoms with Crippen molar-refractivity contribution in [3.63, 3.8) is 0 Å². The molecule has 0 unspecified atom stereocenters. The monoisotopic (exact) mass is 304 g/mol. The van der Waals surface area contributed by atoms with E-state index in [4.69, 9.17) is 16.3 Å². The number of hydrogen-bond donors (Lipinski definition) is 0. The van der Waals surface area contributed by atoms with Gasteiger partial charge >= 0.3 is 0 Å². The normalized spacial score (nSPS) is 14.3. The Bertz CT molecular complexity index is 629. The number of Topliss-reactive ketones (excluding diaryl/α,β-unsaturated/α-hetero) is 1. The SMILES string of the molecule is CCCC#CN1CC(=O)CC(c2ccc(OC)c(Cl)c2)=N1. The fraction of sp³-hybridized carbons (Fsp3) is 0.375. The molecule has 0 aromatic heterocycles. The Kier molecular flexibility index (Phi) is 5.24. The largest absolute Gasteiger partial charge is 0.495 e. The molecule has 0 atom stereocenters. The predicted molar refractivity (Wildman–Crippen MR) is 83.6 cm³/mol. The summed E-state index contributed by atoms with van der Waals surface area (Å²) in [5.74, 6) is 3.69. The standard InChI is InChI=1S/C16H17ClN2O2/c1-3-4-5-8-19-11-13(20)10-15(18-19)12-6-7-16(21-2)14(17)9-12/h6-7,9H,3-4,10-11H2,1-2H3. The Morgan fingerprint density at radius 2 is 2.29 bits per heavy atom. The second-order valence-corrected chi connectivity index (χ2v) is 5.11. The van der Waals surface area contributed by atoms with Gasteiger partial charge in [0, 0.05) is 12.5 Å². The third kappa shape index (κ3) is 3.99. The lowest BCUT2D eigenvalue weighted by molar-refractivity contribution is -0.118. The molecule has 0 aliphatic carbocycles. The van der Waals surface area contributed by atoms with E-state index in [0.717, 1.165) is 18.4 Å². The molecule has 5 heteroatoms. The summed E-state index contributed by atoms with van der Waals surface area (Å²) in [5.41, 5.74) is 1.50. The zero-order valence-corrected chi connectivity index (χ0v) is 12.9. The lowest BCUT2D eigenvalue weighted by Gasteiger charge is -2.19. The molecule has 2 rings (SSSR count). The van der Waals surface area contributed by atoms with Crippen molar-refractivity contribution in [3.05, 3.63) is 28.8 Å². The molecule has 0 radical (unpaired) electrons. The molecule has 0 N–H and O–H groups in total. The highest BCUT2D eigenvalue weighted by Gasteiger charge is 2.20. The maximum absolute atomic E-state index is 11.8. The summed E-state index contributed by atoms with van der Waals surface area (Å²) in [5, 5.41) is 6.44.